The Kier molecular flexibility index (Phi) is 36.4. The number of carbonyl (C=O) groups excluding carboxylic acids is 8. The van der Waals surface area contributed by atoms with E-state index in [0.717, 1.165) is 164 Å². The number of thiazole rings is 4. The van der Waals surface area contributed by atoms with Gasteiger partial charge in [0.15, 0.2) is 20.0 Å². The van der Waals surface area contributed by atoms with Crippen molar-refractivity contribution in [2.75, 3.05) is 86.7 Å². The van der Waals surface area contributed by atoms with Gasteiger partial charge in [-0.15, -0.1) is 45.3 Å². The van der Waals surface area contributed by atoms with Gasteiger partial charge in [-0.1, -0.05) is 41.5 Å². The molecule has 138 heavy (non-hydrogen) atoms. The predicted octanol–water partition coefficient (Wildman–Crippen LogP) is 17.2. The molecule has 32 nitrogen and oxygen atoms in total. The molecule has 13 rings (SSSR count). The van der Waals surface area contributed by atoms with Crippen molar-refractivity contribution in [3.63, 3.8) is 0 Å². The Hall–Kier alpha value is -10.1. The van der Waals surface area contributed by atoms with Gasteiger partial charge in [-0.2, -0.15) is 0 Å². The number of nitrogens with zero attached hydrogens (tertiary/aromatic N) is 12. The van der Waals surface area contributed by atoms with Crippen molar-refractivity contribution in [1.29, 1.82) is 0 Å². The van der Waals surface area contributed by atoms with Crippen LogP contribution < -0.4 is 42.5 Å². The van der Waals surface area contributed by atoms with Crippen LogP contribution in [0, 0.1) is 38.5 Å². The molecule has 1 saturated carbocycles. The highest BCUT2D eigenvalue weighted by molar-refractivity contribution is 7.18. The summed E-state index contributed by atoms with van der Waals surface area (Å²) in [5.41, 5.74) is 4.13. The number of nitrogens with one attached hydrogen (secondary N) is 8. The molecule has 4 saturated heterocycles. The molecule has 8 aromatic rings. The zero-order chi connectivity index (χ0) is 102. The number of rotatable bonds is 27. The van der Waals surface area contributed by atoms with Crippen LogP contribution in [-0.2, 0) is 0 Å². The summed E-state index contributed by atoms with van der Waals surface area (Å²) in [7, 11) is 0. The van der Waals surface area contributed by atoms with E-state index in [0.29, 0.717) is 51.4 Å². The third-order valence-electron chi connectivity index (χ3n) is 24.2. The summed E-state index contributed by atoms with van der Waals surface area (Å²) in [5.74, 6) is 0.876. The molecule has 754 valence electrons. The fourth-order valence-electron chi connectivity index (χ4n) is 16.2. The van der Waals surface area contributed by atoms with Gasteiger partial charge in [0.1, 0.15) is 46.0 Å². The van der Waals surface area contributed by atoms with Crippen molar-refractivity contribution >= 4 is 116 Å². The predicted molar refractivity (Wildman–Crippen MR) is 553 cm³/mol. The molecule has 0 spiro atoms. The van der Waals surface area contributed by atoms with Gasteiger partial charge in [0, 0.05) is 148 Å². The summed E-state index contributed by atoms with van der Waals surface area (Å²) < 4.78 is 0. The van der Waals surface area contributed by atoms with Crippen LogP contribution >= 0.6 is 45.3 Å². The summed E-state index contributed by atoms with van der Waals surface area (Å²) in [4.78, 5) is 152. The summed E-state index contributed by atoms with van der Waals surface area (Å²) in [6, 6.07) is 8.40. The van der Waals surface area contributed by atoms with E-state index in [1.807, 2.05) is 78.5 Å². The summed E-state index contributed by atoms with van der Waals surface area (Å²) >= 11 is 4.76. The van der Waals surface area contributed by atoms with E-state index in [2.05, 4.69) is 172 Å². The van der Waals surface area contributed by atoms with Crippen LogP contribution in [0.2, 0.25) is 0 Å². The summed E-state index contributed by atoms with van der Waals surface area (Å²) in [6.07, 6.45) is 21.5. The van der Waals surface area contributed by atoms with Gasteiger partial charge < -0.3 is 82.6 Å². The molecule has 4 aliphatic heterocycles. The van der Waals surface area contributed by atoms with Crippen molar-refractivity contribution in [1.82, 2.24) is 80.7 Å². The Morgan fingerprint density at radius 3 is 0.826 bits per heavy atom. The lowest BCUT2D eigenvalue weighted by Crippen LogP contribution is -2.42. The molecule has 0 bridgehead atoms. The molecule has 12 N–H and O–H groups in total. The van der Waals surface area contributed by atoms with E-state index in [1.165, 1.54) is 51.8 Å². The summed E-state index contributed by atoms with van der Waals surface area (Å²) in [6.45, 7) is 55.1. The van der Waals surface area contributed by atoms with Crippen LogP contribution in [0.1, 0.15) is 346 Å². The highest BCUT2D eigenvalue weighted by atomic mass is 32.1. The summed E-state index contributed by atoms with van der Waals surface area (Å²) in [5, 5.41) is 65.2. The van der Waals surface area contributed by atoms with Crippen molar-refractivity contribution in [3.05, 3.63) is 114 Å². The molecule has 0 aromatic carbocycles. The van der Waals surface area contributed by atoms with Gasteiger partial charge in [0.25, 0.3) is 47.3 Å². The van der Waals surface area contributed by atoms with E-state index in [4.69, 9.17) is 0 Å². The average Bonchev–Trinajstić information content (AvgIpc) is 1.64. The van der Waals surface area contributed by atoms with Crippen molar-refractivity contribution < 1.29 is 58.8 Å². The van der Waals surface area contributed by atoms with Gasteiger partial charge >= 0.3 is 0 Å². The second-order valence-electron chi connectivity index (χ2n) is 44.1. The monoisotopic (exact) mass is 1980 g/mol. The lowest BCUT2D eigenvalue weighted by atomic mass is 9.78. The molecule has 8 amide bonds. The number of pyridine rings is 4. The second kappa shape index (κ2) is 45.7. The number of hydrogen-bond donors (Lipinski definition) is 12. The zero-order valence-electron chi connectivity index (χ0n) is 86.0. The Morgan fingerprint density at radius 2 is 0.601 bits per heavy atom. The van der Waals surface area contributed by atoms with Crippen LogP contribution in [-0.4, -0.2) is 250 Å². The standard InChI is InChI=1S/C26H37N5O3S.C26H39N5O3S.2C25H37N5O3S/c1-16-13-19(30-26(5)10-8-11-26)27-14-18(16)21-20(24(33)31-12-7-6-9-17(31)2)29-23(35-21)22(32)28-15-25(3,4)34;1-16-12-19(28-14-25(3,4)5)27-13-18(16)21-20(24(33)31-11-9-8-10-17(31)2)30-23(35-21)22(32)29-15-26(6,7)34;1-15-11-18(27-13-24(3,4)5)26-12-17(15)20-19(23(32)30-10-8-9-16(30)2)29-22(34-20)21(31)28-14-25(6,7)33;1-15-12-18(29-24(3,4)5)26-13-17(15)20-19(23(32)30-11-9-8-10-16(30)2)28-22(34-20)21(31)27-14-25(6,7)33/h13-14,17,34H,6-12,15H2,1-5H3,(H,27,30)(H,28,32);12-13,17,34H,8-11,14-15H2,1-7H3,(H,27,28)(H,29,32);11-12,16,33H,8-10,13-14H2,1-7H3,(H,26,27)(H,28,31);12-13,16,33H,8-11,14H2,1-7H3,(H,26,29)(H,27,31)/t2*17-;2*16-/m0000/s1. The smallest absolute Gasteiger partial charge is 0.280 e. The van der Waals surface area contributed by atoms with Crippen LogP contribution in [0.4, 0.5) is 23.3 Å². The van der Waals surface area contributed by atoms with Gasteiger partial charge in [0.05, 0.1) is 41.9 Å². The molecule has 0 radical (unpaired) electrons. The van der Waals surface area contributed by atoms with E-state index < -0.39 is 46.0 Å². The molecular weight excluding hydrogens is 1830 g/mol. The SMILES string of the molecule is Cc1cc(NC(C)(C)C)ncc1-c1sc(C(=O)NCC(C)(C)O)nc1C(=O)N1CCCC[C@@H]1C.Cc1cc(NC2(C)CCC2)ncc1-c1sc(C(=O)NCC(C)(C)O)nc1C(=O)N1CCCC[C@@H]1C.Cc1cc(NCC(C)(C)C)ncc1-c1sc(C(=O)NCC(C)(C)O)nc1C(=O)N1CCCC[C@@H]1C.Cc1cc(NCC(C)(C)C)ncc1-c1sc(C(=O)NCC(C)(C)O)nc1C(=O)N1CCC[C@@H]1C. The van der Waals surface area contributed by atoms with Crippen molar-refractivity contribution in [3.8, 4) is 41.8 Å². The topological polar surface area (TPSA) is 430 Å². The maximum atomic E-state index is 13.6. The van der Waals surface area contributed by atoms with E-state index in [1.54, 1.807) is 80.2 Å². The van der Waals surface area contributed by atoms with Crippen molar-refractivity contribution in [2.24, 2.45) is 10.8 Å². The van der Waals surface area contributed by atoms with Crippen LogP contribution in [0.15, 0.2) is 49.1 Å². The lowest BCUT2D eigenvalue weighted by Gasteiger charge is -2.39. The first kappa shape index (κ1) is 110. The molecular formula is C102H150N20O12S4. The van der Waals surface area contributed by atoms with Crippen molar-refractivity contribution in [2.45, 2.75) is 328 Å². The molecule has 12 heterocycles. The van der Waals surface area contributed by atoms with Gasteiger partial charge in [-0.25, -0.2) is 39.9 Å². The number of likely N-dealkylation sites (tertiary alicyclic amines) is 4. The number of piperidine rings is 3. The van der Waals surface area contributed by atoms with Crippen LogP contribution in [0.3, 0.4) is 0 Å². The largest absolute Gasteiger partial charge is 0.389 e. The fourth-order valence-corrected chi connectivity index (χ4v) is 20.4. The van der Waals surface area contributed by atoms with Gasteiger partial charge in [0.2, 0.25) is 0 Å². The van der Waals surface area contributed by atoms with Crippen LogP contribution in [0.25, 0.3) is 41.8 Å². The second-order valence-corrected chi connectivity index (χ2v) is 48.1. The van der Waals surface area contributed by atoms with Gasteiger partial charge in [-0.3, -0.25) is 38.4 Å². The lowest BCUT2D eigenvalue weighted by molar-refractivity contribution is 0.0622. The minimum absolute atomic E-state index is 0.0843. The van der Waals surface area contributed by atoms with E-state index in [9.17, 15) is 58.8 Å². The highest BCUT2D eigenvalue weighted by Gasteiger charge is 2.39. The third-order valence-corrected chi connectivity index (χ3v) is 28.6. The maximum absolute atomic E-state index is 13.6. The minimum Gasteiger partial charge on any atom is -0.389 e. The third kappa shape index (κ3) is 31.2. The fraction of sp³-hybridized carbons (Fsp3) is 0.608. The number of anilines is 4. The Balaban J connectivity index is 0.000000190. The normalized spacial score (nSPS) is 17.5. The number of aryl methyl sites for hydroxylation is 4. The number of aromatic nitrogens is 8. The minimum atomic E-state index is -1.05. The molecule has 5 fully saturated rings. The number of hydrogen-bond acceptors (Lipinski definition) is 28. The number of aliphatic hydroxyl groups is 4. The maximum Gasteiger partial charge on any atom is 0.280 e. The molecule has 36 heteroatoms. The Labute approximate surface area is 831 Å². The first-order valence-electron chi connectivity index (χ1n) is 48.4. The quantitative estimate of drug-likeness (QED) is 0.0227. The van der Waals surface area contributed by atoms with E-state index in [-0.39, 0.29) is 133 Å². The molecule has 4 atom stereocenters. The highest BCUT2D eigenvalue weighted by Crippen LogP contribution is 2.43. The first-order valence-corrected chi connectivity index (χ1v) is 51.7. The average molecular weight is 1980 g/mol. The molecule has 8 aromatic heterocycles. The first-order chi connectivity index (χ1) is 64.2. The number of amides is 8. The Bertz CT molecular complexity index is 5630. The molecule has 1 aliphatic carbocycles. The van der Waals surface area contributed by atoms with E-state index >= 15 is 0 Å². The van der Waals surface area contributed by atoms with Crippen LogP contribution in [0.5, 0.6) is 0 Å². The Morgan fingerprint density at radius 1 is 0.355 bits per heavy atom. The molecule has 0 unspecified atom stereocenters. The molecule has 5 aliphatic rings. The van der Waals surface area contributed by atoms with Gasteiger partial charge in [-0.05, 0) is 286 Å². The number of carbonyl (C=O) groups is 8. The zero-order valence-corrected chi connectivity index (χ0v) is 89.2.